The minimum absolute atomic E-state index is 0.536. The average molecular weight is 316 g/mol. The molecule has 0 atom stereocenters. The maximum Gasteiger partial charge on any atom is 0.0929 e. The van der Waals surface area contributed by atoms with Gasteiger partial charge in [0.05, 0.1) is 16.6 Å². The van der Waals surface area contributed by atoms with Crippen LogP contribution in [0.2, 0.25) is 0 Å². The van der Waals surface area contributed by atoms with Crippen molar-refractivity contribution in [3.8, 4) is 0 Å². The van der Waals surface area contributed by atoms with Crippen LogP contribution in [0.4, 0.5) is 0 Å². The zero-order chi connectivity index (χ0) is 14.4. The third-order valence-corrected chi connectivity index (χ3v) is 4.92. The molecule has 1 aliphatic heterocycles. The highest BCUT2D eigenvalue weighted by Gasteiger charge is 2.16. The van der Waals surface area contributed by atoms with E-state index in [1.165, 1.54) is 50.7 Å². The van der Waals surface area contributed by atoms with Crippen molar-refractivity contribution >= 4 is 22.9 Å². The highest BCUT2D eigenvalue weighted by molar-refractivity contribution is 7.09. The Morgan fingerprint density at radius 1 is 1.25 bits per heavy atom. The third-order valence-electron chi connectivity index (χ3n) is 3.69. The van der Waals surface area contributed by atoms with Gasteiger partial charge in [0, 0.05) is 44.5 Å². The highest BCUT2D eigenvalue weighted by Crippen LogP contribution is 2.14. The lowest BCUT2D eigenvalue weighted by atomic mass is 10.2. The van der Waals surface area contributed by atoms with Crippen LogP contribution in [0.1, 0.15) is 31.0 Å². The molecule has 0 aliphatic carbocycles. The number of aryl methyl sites for hydroxylation is 1. The summed E-state index contributed by atoms with van der Waals surface area (Å²) in [5.74, 6) is 1.32. The average Bonchev–Trinajstić information content (AvgIpc) is 2.88. The fourth-order valence-electron chi connectivity index (χ4n) is 2.69. The molecule has 1 saturated heterocycles. The third kappa shape index (κ3) is 5.32. The van der Waals surface area contributed by atoms with Crippen molar-refractivity contribution in [2.75, 3.05) is 39.3 Å². The number of halogens is 1. The Morgan fingerprint density at radius 3 is 2.55 bits per heavy atom. The summed E-state index contributed by atoms with van der Waals surface area (Å²) in [4.78, 5) is 9.70. The van der Waals surface area contributed by atoms with Gasteiger partial charge < -0.3 is 9.80 Å². The van der Waals surface area contributed by atoms with E-state index in [-0.39, 0.29) is 0 Å². The molecule has 114 valence electrons. The van der Waals surface area contributed by atoms with Crippen LogP contribution in [0.5, 0.6) is 0 Å². The van der Waals surface area contributed by atoms with Crippen LogP contribution < -0.4 is 0 Å². The van der Waals surface area contributed by atoms with Gasteiger partial charge in [0.15, 0.2) is 0 Å². The first kappa shape index (κ1) is 16.2. The predicted octanol–water partition coefficient (Wildman–Crippen LogP) is 3.09. The van der Waals surface area contributed by atoms with Crippen LogP contribution in [-0.2, 0) is 12.3 Å². The van der Waals surface area contributed by atoms with E-state index < -0.39 is 0 Å². The van der Waals surface area contributed by atoms with E-state index >= 15 is 0 Å². The van der Waals surface area contributed by atoms with Gasteiger partial charge in [-0.25, -0.2) is 4.98 Å². The minimum atomic E-state index is 0.536. The van der Waals surface area contributed by atoms with Crippen molar-refractivity contribution in [3.63, 3.8) is 0 Å². The molecular formula is C15H26ClN3S. The molecule has 0 amide bonds. The fourth-order valence-corrected chi connectivity index (χ4v) is 3.76. The van der Waals surface area contributed by atoms with Gasteiger partial charge in [-0.15, -0.1) is 22.9 Å². The van der Waals surface area contributed by atoms with Crippen LogP contribution in [0.25, 0.3) is 0 Å². The van der Waals surface area contributed by atoms with Crippen LogP contribution in [-0.4, -0.2) is 54.1 Å². The van der Waals surface area contributed by atoms with Crippen LogP contribution in [0, 0.1) is 5.92 Å². The molecule has 5 heteroatoms. The Hall–Kier alpha value is -0.160. The molecule has 0 bridgehead atoms. The molecule has 0 spiro atoms. The van der Waals surface area contributed by atoms with Gasteiger partial charge in [-0.2, -0.15) is 0 Å². The summed E-state index contributed by atoms with van der Waals surface area (Å²) >= 11 is 7.52. The molecule has 1 aromatic heterocycles. The van der Waals surface area contributed by atoms with Gasteiger partial charge in [0.25, 0.3) is 0 Å². The molecule has 3 nitrogen and oxygen atoms in total. The predicted molar refractivity (Wildman–Crippen MR) is 87.7 cm³/mol. The summed E-state index contributed by atoms with van der Waals surface area (Å²) < 4.78 is 0. The van der Waals surface area contributed by atoms with Crippen LogP contribution in [0.3, 0.4) is 0 Å². The summed E-state index contributed by atoms with van der Waals surface area (Å²) in [7, 11) is 0. The normalized spacial score (nSPS) is 18.0. The Labute approximate surface area is 131 Å². The fraction of sp³-hybridized carbons (Fsp3) is 0.800. The monoisotopic (exact) mass is 315 g/mol. The van der Waals surface area contributed by atoms with E-state index in [2.05, 4.69) is 34.0 Å². The molecule has 1 aromatic rings. The molecular weight excluding hydrogens is 290 g/mol. The second-order valence-corrected chi connectivity index (χ2v) is 7.22. The number of hydrogen-bond acceptors (Lipinski definition) is 4. The number of aromatic nitrogens is 1. The maximum atomic E-state index is 5.78. The van der Waals surface area contributed by atoms with Gasteiger partial charge in [-0.05, 0) is 18.9 Å². The van der Waals surface area contributed by atoms with E-state index in [1.807, 2.05) is 0 Å². The quantitative estimate of drug-likeness (QED) is 0.721. The zero-order valence-corrected chi connectivity index (χ0v) is 14.2. The van der Waals surface area contributed by atoms with Crippen LogP contribution in [0.15, 0.2) is 5.38 Å². The van der Waals surface area contributed by atoms with Gasteiger partial charge >= 0.3 is 0 Å². The van der Waals surface area contributed by atoms with E-state index in [9.17, 15) is 0 Å². The summed E-state index contributed by atoms with van der Waals surface area (Å²) in [6, 6.07) is 0. The number of hydrogen-bond donors (Lipinski definition) is 0. The molecule has 2 rings (SSSR count). The first-order valence-electron chi connectivity index (χ1n) is 7.61. The van der Waals surface area contributed by atoms with Crippen molar-refractivity contribution in [2.24, 2.45) is 5.92 Å². The first-order valence-corrected chi connectivity index (χ1v) is 9.02. The molecule has 0 saturated carbocycles. The minimum Gasteiger partial charge on any atom is -0.301 e. The van der Waals surface area contributed by atoms with Gasteiger partial charge in [-0.1, -0.05) is 13.8 Å². The topological polar surface area (TPSA) is 19.4 Å². The van der Waals surface area contributed by atoms with Crippen molar-refractivity contribution < 1.29 is 0 Å². The Bertz CT molecular complexity index is 386. The van der Waals surface area contributed by atoms with Gasteiger partial charge in [0.1, 0.15) is 0 Å². The molecule has 2 heterocycles. The zero-order valence-electron chi connectivity index (χ0n) is 12.6. The highest BCUT2D eigenvalue weighted by atomic mass is 35.5. The number of nitrogens with zero attached hydrogens (tertiary/aromatic N) is 3. The largest absolute Gasteiger partial charge is 0.301 e. The number of thiazole rings is 1. The number of alkyl halides is 1. The first-order chi connectivity index (χ1) is 9.67. The molecule has 20 heavy (non-hydrogen) atoms. The van der Waals surface area contributed by atoms with E-state index in [0.717, 1.165) is 18.0 Å². The molecule has 0 unspecified atom stereocenters. The Kier molecular flexibility index (Phi) is 6.75. The Morgan fingerprint density at radius 2 is 1.95 bits per heavy atom. The smallest absolute Gasteiger partial charge is 0.0929 e. The lowest BCUT2D eigenvalue weighted by Gasteiger charge is -2.35. The standard InChI is InChI=1S/C15H26ClN3S/c1-13(2)11-19-8-6-18(7-9-19)5-3-4-15-17-14(10-16)12-20-15/h12-13H,3-11H2,1-2H3. The lowest BCUT2D eigenvalue weighted by molar-refractivity contribution is 0.121. The molecule has 0 N–H and O–H groups in total. The summed E-state index contributed by atoms with van der Waals surface area (Å²) in [5.41, 5.74) is 1.02. The number of rotatable bonds is 7. The van der Waals surface area contributed by atoms with Crippen LogP contribution >= 0.6 is 22.9 Å². The van der Waals surface area contributed by atoms with Crippen molar-refractivity contribution in [1.82, 2.24) is 14.8 Å². The Balaban J connectivity index is 1.61. The maximum absolute atomic E-state index is 5.78. The molecule has 0 radical (unpaired) electrons. The van der Waals surface area contributed by atoms with Gasteiger partial charge in [0.2, 0.25) is 0 Å². The lowest BCUT2D eigenvalue weighted by Crippen LogP contribution is -2.47. The molecule has 0 aromatic carbocycles. The van der Waals surface area contributed by atoms with Gasteiger partial charge in [-0.3, -0.25) is 0 Å². The molecule has 1 fully saturated rings. The summed E-state index contributed by atoms with van der Waals surface area (Å²) in [6.45, 7) is 11.9. The second kappa shape index (κ2) is 8.32. The van der Waals surface area contributed by atoms with E-state index in [4.69, 9.17) is 11.6 Å². The summed E-state index contributed by atoms with van der Waals surface area (Å²) in [5, 5.41) is 3.31. The van der Waals surface area contributed by atoms with E-state index in [0.29, 0.717) is 5.88 Å². The summed E-state index contributed by atoms with van der Waals surface area (Å²) in [6.07, 6.45) is 2.30. The van der Waals surface area contributed by atoms with Crippen molar-refractivity contribution in [2.45, 2.75) is 32.6 Å². The van der Waals surface area contributed by atoms with Crippen molar-refractivity contribution in [3.05, 3.63) is 16.1 Å². The van der Waals surface area contributed by atoms with Crippen molar-refractivity contribution in [1.29, 1.82) is 0 Å². The molecule has 1 aliphatic rings. The SMILES string of the molecule is CC(C)CN1CCN(CCCc2nc(CCl)cs2)CC1. The second-order valence-electron chi connectivity index (χ2n) is 6.01. The van der Waals surface area contributed by atoms with E-state index in [1.54, 1.807) is 11.3 Å². The number of piperazine rings is 1.